The van der Waals surface area contributed by atoms with Gasteiger partial charge in [0.25, 0.3) is 5.91 Å². The molecule has 4 nitrogen and oxygen atoms in total. The maximum absolute atomic E-state index is 12.1. The van der Waals surface area contributed by atoms with Gasteiger partial charge in [0.1, 0.15) is 5.69 Å². The molecule has 3 N–H and O–H groups in total. The summed E-state index contributed by atoms with van der Waals surface area (Å²) in [4.78, 5) is 16.3. The van der Waals surface area contributed by atoms with Crippen molar-refractivity contribution in [1.29, 1.82) is 0 Å². The fourth-order valence-electron chi connectivity index (χ4n) is 2.95. The predicted octanol–water partition coefficient (Wildman–Crippen LogP) is 2.09. The van der Waals surface area contributed by atoms with Crippen LogP contribution in [0.2, 0.25) is 0 Å². The minimum Gasteiger partial charge on any atom is -0.348 e. The lowest BCUT2D eigenvalue weighted by atomic mass is 9.93. The summed E-state index contributed by atoms with van der Waals surface area (Å²) in [6, 6.07) is 3.89. The van der Waals surface area contributed by atoms with Gasteiger partial charge in [-0.15, -0.1) is 0 Å². The summed E-state index contributed by atoms with van der Waals surface area (Å²) in [6.07, 6.45) is 5.15. The molecule has 3 atom stereocenters. The van der Waals surface area contributed by atoms with Gasteiger partial charge in [-0.2, -0.15) is 0 Å². The highest BCUT2D eigenvalue weighted by Crippen LogP contribution is 2.33. The second kappa shape index (κ2) is 6.15. The first-order valence-corrected chi connectivity index (χ1v) is 7.11. The highest BCUT2D eigenvalue weighted by atomic mass is 16.1. The van der Waals surface area contributed by atoms with Crippen LogP contribution >= 0.6 is 0 Å². The lowest BCUT2D eigenvalue weighted by Gasteiger charge is -2.20. The van der Waals surface area contributed by atoms with Crippen LogP contribution in [0, 0.1) is 11.8 Å². The Balaban J connectivity index is 1.97. The normalized spacial score (nSPS) is 26.4. The summed E-state index contributed by atoms with van der Waals surface area (Å²) < 4.78 is 0. The van der Waals surface area contributed by atoms with Gasteiger partial charge in [0.2, 0.25) is 0 Å². The Hall–Kier alpha value is -1.42. The van der Waals surface area contributed by atoms with Crippen molar-refractivity contribution >= 4 is 5.91 Å². The average molecular weight is 261 g/mol. The second-order valence-electron chi connectivity index (χ2n) is 5.44. The third-order valence-corrected chi connectivity index (χ3v) is 4.36. The summed E-state index contributed by atoms with van der Waals surface area (Å²) in [5.41, 5.74) is 6.93. The maximum Gasteiger partial charge on any atom is 0.270 e. The number of rotatable bonds is 4. The number of pyridine rings is 1. The van der Waals surface area contributed by atoms with Crippen molar-refractivity contribution in [3.05, 3.63) is 29.6 Å². The number of aromatic nitrogens is 1. The van der Waals surface area contributed by atoms with E-state index >= 15 is 0 Å². The van der Waals surface area contributed by atoms with Crippen molar-refractivity contribution in [3.63, 3.8) is 0 Å². The van der Waals surface area contributed by atoms with Gasteiger partial charge in [0.05, 0.1) is 0 Å². The van der Waals surface area contributed by atoms with E-state index in [9.17, 15) is 4.79 Å². The average Bonchev–Trinajstić information content (AvgIpc) is 2.79. The Morgan fingerprint density at radius 2 is 2.26 bits per heavy atom. The SMILES string of the molecule is CCC1CCC(NC(=O)c2ccc(CN)cn2)C1C. The summed E-state index contributed by atoms with van der Waals surface area (Å²) in [5.74, 6) is 1.22. The largest absolute Gasteiger partial charge is 0.348 e. The van der Waals surface area contributed by atoms with Gasteiger partial charge in [-0.05, 0) is 36.3 Å². The highest BCUT2D eigenvalue weighted by molar-refractivity contribution is 5.92. The zero-order valence-electron chi connectivity index (χ0n) is 11.7. The molecular formula is C15H23N3O. The zero-order chi connectivity index (χ0) is 13.8. The topological polar surface area (TPSA) is 68.0 Å². The number of hydrogen-bond acceptors (Lipinski definition) is 3. The minimum absolute atomic E-state index is 0.0721. The van der Waals surface area contributed by atoms with E-state index in [0.29, 0.717) is 18.2 Å². The molecule has 1 fully saturated rings. The van der Waals surface area contributed by atoms with Gasteiger partial charge in [0.15, 0.2) is 0 Å². The molecule has 1 heterocycles. The molecule has 19 heavy (non-hydrogen) atoms. The van der Waals surface area contributed by atoms with Gasteiger partial charge >= 0.3 is 0 Å². The standard InChI is InChI=1S/C15H23N3O/c1-3-12-5-7-13(10(12)2)18-15(19)14-6-4-11(8-16)9-17-14/h4,6,9-10,12-13H,3,5,7-8,16H2,1-2H3,(H,18,19). The molecule has 1 amide bonds. The van der Waals surface area contributed by atoms with Gasteiger partial charge in [-0.3, -0.25) is 9.78 Å². The van der Waals surface area contributed by atoms with Crippen molar-refractivity contribution in [1.82, 2.24) is 10.3 Å². The molecule has 0 spiro atoms. The van der Waals surface area contributed by atoms with Gasteiger partial charge in [0, 0.05) is 18.8 Å². The number of amides is 1. The van der Waals surface area contributed by atoms with Crippen LogP contribution in [0.25, 0.3) is 0 Å². The van der Waals surface area contributed by atoms with E-state index in [-0.39, 0.29) is 11.9 Å². The first kappa shape index (κ1) is 14.0. The Morgan fingerprint density at radius 3 is 2.79 bits per heavy atom. The minimum atomic E-state index is -0.0721. The van der Waals surface area contributed by atoms with Crippen molar-refractivity contribution in [2.75, 3.05) is 0 Å². The van der Waals surface area contributed by atoms with Crippen LogP contribution in [-0.2, 0) is 6.54 Å². The summed E-state index contributed by atoms with van der Waals surface area (Å²) in [5, 5.41) is 3.11. The van der Waals surface area contributed by atoms with Crippen molar-refractivity contribution in [2.24, 2.45) is 17.6 Å². The first-order chi connectivity index (χ1) is 9.15. The number of carbonyl (C=O) groups excluding carboxylic acids is 1. The van der Waals surface area contributed by atoms with Crippen molar-refractivity contribution < 1.29 is 4.79 Å². The molecule has 1 aromatic heterocycles. The van der Waals surface area contributed by atoms with Crippen LogP contribution in [0.1, 0.15) is 49.2 Å². The molecule has 0 aliphatic heterocycles. The number of nitrogens with two attached hydrogens (primary N) is 1. The summed E-state index contributed by atoms with van der Waals surface area (Å²) in [7, 11) is 0. The fourth-order valence-corrected chi connectivity index (χ4v) is 2.95. The smallest absolute Gasteiger partial charge is 0.270 e. The molecule has 0 radical (unpaired) electrons. The van der Waals surface area contributed by atoms with E-state index in [0.717, 1.165) is 17.9 Å². The Labute approximate surface area is 114 Å². The van der Waals surface area contributed by atoms with E-state index < -0.39 is 0 Å². The number of hydrogen-bond donors (Lipinski definition) is 2. The molecule has 0 saturated heterocycles. The quantitative estimate of drug-likeness (QED) is 0.872. The third kappa shape index (κ3) is 3.13. The van der Waals surface area contributed by atoms with Crippen LogP contribution in [0.4, 0.5) is 0 Å². The fraction of sp³-hybridized carbons (Fsp3) is 0.600. The first-order valence-electron chi connectivity index (χ1n) is 7.11. The molecule has 3 unspecified atom stereocenters. The van der Waals surface area contributed by atoms with E-state index in [1.165, 1.54) is 12.8 Å². The second-order valence-corrected chi connectivity index (χ2v) is 5.44. The molecule has 1 aliphatic rings. The molecule has 2 rings (SSSR count). The Kier molecular flexibility index (Phi) is 4.53. The van der Waals surface area contributed by atoms with Crippen LogP contribution in [0.15, 0.2) is 18.3 Å². The van der Waals surface area contributed by atoms with E-state index in [4.69, 9.17) is 5.73 Å². The van der Waals surface area contributed by atoms with Crippen LogP contribution in [-0.4, -0.2) is 16.9 Å². The molecule has 1 saturated carbocycles. The molecule has 0 aromatic carbocycles. The number of carbonyl (C=O) groups is 1. The molecule has 0 bridgehead atoms. The van der Waals surface area contributed by atoms with Gasteiger partial charge in [-0.25, -0.2) is 0 Å². The monoisotopic (exact) mass is 261 g/mol. The van der Waals surface area contributed by atoms with Crippen molar-refractivity contribution in [3.8, 4) is 0 Å². The Morgan fingerprint density at radius 1 is 1.47 bits per heavy atom. The molecule has 104 valence electrons. The van der Waals surface area contributed by atoms with Crippen LogP contribution in [0.3, 0.4) is 0 Å². The predicted molar refractivity (Wildman–Crippen MR) is 75.6 cm³/mol. The third-order valence-electron chi connectivity index (χ3n) is 4.36. The van der Waals surface area contributed by atoms with Crippen LogP contribution < -0.4 is 11.1 Å². The lowest BCUT2D eigenvalue weighted by Crippen LogP contribution is -2.37. The molecular weight excluding hydrogens is 238 g/mol. The Bertz CT molecular complexity index is 430. The molecule has 1 aromatic rings. The number of nitrogens with zero attached hydrogens (tertiary/aromatic N) is 1. The summed E-state index contributed by atoms with van der Waals surface area (Å²) in [6.45, 7) is 4.91. The van der Waals surface area contributed by atoms with Gasteiger partial charge < -0.3 is 11.1 Å². The molecule has 4 heteroatoms. The van der Waals surface area contributed by atoms with Gasteiger partial charge in [-0.1, -0.05) is 26.3 Å². The highest BCUT2D eigenvalue weighted by Gasteiger charge is 2.32. The maximum atomic E-state index is 12.1. The van der Waals surface area contributed by atoms with E-state index in [1.807, 2.05) is 6.07 Å². The number of nitrogens with one attached hydrogen (secondary N) is 1. The van der Waals surface area contributed by atoms with Crippen LogP contribution in [0.5, 0.6) is 0 Å². The summed E-state index contributed by atoms with van der Waals surface area (Å²) >= 11 is 0. The van der Waals surface area contributed by atoms with Crippen molar-refractivity contribution in [2.45, 2.75) is 45.7 Å². The van der Waals surface area contributed by atoms with E-state index in [2.05, 4.69) is 24.1 Å². The lowest BCUT2D eigenvalue weighted by molar-refractivity contribution is 0.0921. The van der Waals surface area contributed by atoms with E-state index in [1.54, 1.807) is 12.3 Å². The zero-order valence-corrected chi connectivity index (χ0v) is 11.7. The molecule has 1 aliphatic carbocycles.